The fraction of sp³-hybridized carbons (Fsp3) is 0.316. The molecule has 1 aliphatic heterocycles. The molecule has 1 aromatic carbocycles. The third-order valence-corrected chi connectivity index (χ3v) is 3.91. The number of benzene rings is 1. The highest BCUT2D eigenvalue weighted by Gasteiger charge is 2.33. The topological polar surface area (TPSA) is 46.1 Å². The van der Waals surface area contributed by atoms with Crippen LogP contribution in [0, 0.1) is 17.3 Å². The first-order chi connectivity index (χ1) is 11.0. The number of aromatic nitrogens is 2. The predicted molar refractivity (Wildman–Crippen MR) is 89.8 cm³/mol. The SMILES string of the molecule is CC1(C)CCC(=O)N(c2ncc(C#Cc3ccccc3)cn2)C1. The van der Waals surface area contributed by atoms with Gasteiger partial charge in [-0.25, -0.2) is 9.97 Å². The molecule has 4 nitrogen and oxygen atoms in total. The van der Waals surface area contributed by atoms with Gasteiger partial charge in [-0.15, -0.1) is 0 Å². The van der Waals surface area contributed by atoms with Crippen molar-refractivity contribution in [2.75, 3.05) is 11.4 Å². The quantitative estimate of drug-likeness (QED) is 0.761. The Labute approximate surface area is 136 Å². The first-order valence-corrected chi connectivity index (χ1v) is 7.73. The molecule has 1 aromatic heterocycles. The molecule has 1 aliphatic rings. The van der Waals surface area contributed by atoms with E-state index < -0.39 is 0 Å². The van der Waals surface area contributed by atoms with Crippen molar-refractivity contribution >= 4 is 11.9 Å². The molecule has 0 bridgehead atoms. The van der Waals surface area contributed by atoms with Gasteiger partial charge >= 0.3 is 0 Å². The summed E-state index contributed by atoms with van der Waals surface area (Å²) >= 11 is 0. The molecule has 2 heterocycles. The molecule has 0 N–H and O–H groups in total. The number of piperidine rings is 1. The molecular weight excluding hydrogens is 286 g/mol. The average molecular weight is 305 g/mol. The first kappa shape index (κ1) is 15.2. The van der Waals surface area contributed by atoms with Crippen LogP contribution in [-0.2, 0) is 4.79 Å². The summed E-state index contributed by atoms with van der Waals surface area (Å²) in [5, 5.41) is 0. The van der Waals surface area contributed by atoms with E-state index in [4.69, 9.17) is 0 Å². The van der Waals surface area contributed by atoms with Crippen LogP contribution in [0.1, 0.15) is 37.8 Å². The lowest BCUT2D eigenvalue weighted by Crippen LogP contribution is -2.44. The molecular formula is C19H19N3O. The largest absolute Gasteiger partial charge is 0.280 e. The van der Waals surface area contributed by atoms with E-state index in [2.05, 4.69) is 35.7 Å². The van der Waals surface area contributed by atoms with Gasteiger partial charge in [0.15, 0.2) is 0 Å². The summed E-state index contributed by atoms with van der Waals surface area (Å²) in [6.45, 7) is 4.97. The van der Waals surface area contributed by atoms with E-state index in [1.807, 2.05) is 30.3 Å². The molecule has 0 radical (unpaired) electrons. The smallest absolute Gasteiger partial charge is 0.232 e. The minimum atomic E-state index is 0.0902. The maximum absolute atomic E-state index is 12.1. The van der Waals surface area contributed by atoms with Crippen molar-refractivity contribution in [1.29, 1.82) is 0 Å². The van der Waals surface area contributed by atoms with Gasteiger partial charge in [-0.2, -0.15) is 0 Å². The fourth-order valence-electron chi connectivity index (χ4n) is 2.55. The number of nitrogens with zero attached hydrogens (tertiary/aromatic N) is 3. The van der Waals surface area contributed by atoms with Crippen molar-refractivity contribution in [2.45, 2.75) is 26.7 Å². The lowest BCUT2D eigenvalue weighted by molar-refractivity contribution is -0.121. The lowest BCUT2D eigenvalue weighted by atomic mass is 9.84. The number of hydrogen-bond acceptors (Lipinski definition) is 3. The second kappa shape index (κ2) is 6.21. The Balaban J connectivity index is 1.77. The Hall–Kier alpha value is -2.67. The van der Waals surface area contributed by atoms with Gasteiger partial charge in [-0.1, -0.05) is 43.9 Å². The van der Waals surface area contributed by atoms with Gasteiger partial charge in [0, 0.05) is 30.9 Å². The maximum Gasteiger partial charge on any atom is 0.232 e. The zero-order valence-electron chi connectivity index (χ0n) is 13.4. The van der Waals surface area contributed by atoms with Crippen molar-refractivity contribution in [3.63, 3.8) is 0 Å². The average Bonchev–Trinajstić information content (AvgIpc) is 2.57. The molecule has 0 atom stereocenters. The number of hydrogen-bond donors (Lipinski definition) is 0. The highest BCUT2D eigenvalue weighted by atomic mass is 16.2. The van der Waals surface area contributed by atoms with E-state index in [1.54, 1.807) is 17.3 Å². The number of rotatable bonds is 1. The minimum Gasteiger partial charge on any atom is -0.280 e. The molecule has 23 heavy (non-hydrogen) atoms. The van der Waals surface area contributed by atoms with Gasteiger partial charge in [0.05, 0.1) is 5.56 Å². The zero-order chi connectivity index (χ0) is 16.3. The summed E-state index contributed by atoms with van der Waals surface area (Å²) in [5.74, 6) is 6.67. The monoisotopic (exact) mass is 305 g/mol. The second-order valence-electron chi connectivity index (χ2n) is 6.53. The van der Waals surface area contributed by atoms with Crippen LogP contribution in [0.25, 0.3) is 0 Å². The van der Waals surface area contributed by atoms with E-state index in [-0.39, 0.29) is 11.3 Å². The highest BCUT2D eigenvalue weighted by molar-refractivity contribution is 5.92. The van der Waals surface area contributed by atoms with Gasteiger partial charge in [0.25, 0.3) is 0 Å². The Bertz CT molecular complexity index is 755. The molecule has 1 fully saturated rings. The molecule has 116 valence electrons. The van der Waals surface area contributed by atoms with E-state index in [9.17, 15) is 4.79 Å². The van der Waals surface area contributed by atoms with Crippen molar-refractivity contribution < 1.29 is 4.79 Å². The molecule has 4 heteroatoms. The van der Waals surface area contributed by atoms with Crippen LogP contribution in [0.5, 0.6) is 0 Å². The number of carbonyl (C=O) groups excluding carboxylic acids is 1. The maximum atomic E-state index is 12.1. The third-order valence-electron chi connectivity index (χ3n) is 3.91. The summed E-state index contributed by atoms with van der Waals surface area (Å²) < 4.78 is 0. The van der Waals surface area contributed by atoms with Crippen LogP contribution in [-0.4, -0.2) is 22.4 Å². The van der Waals surface area contributed by atoms with Gasteiger partial charge in [0.1, 0.15) is 0 Å². The van der Waals surface area contributed by atoms with Crippen LogP contribution in [0.3, 0.4) is 0 Å². The van der Waals surface area contributed by atoms with Crippen molar-refractivity contribution in [3.8, 4) is 11.8 Å². The van der Waals surface area contributed by atoms with Crippen LogP contribution in [0.15, 0.2) is 42.7 Å². The summed E-state index contributed by atoms with van der Waals surface area (Å²) in [6.07, 6.45) is 4.80. The molecule has 3 rings (SSSR count). The highest BCUT2D eigenvalue weighted by Crippen LogP contribution is 2.30. The molecule has 0 saturated carbocycles. The molecule has 0 unspecified atom stereocenters. The second-order valence-corrected chi connectivity index (χ2v) is 6.53. The minimum absolute atomic E-state index is 0.0902. The lowest BCUT2D eigenvalue weighted by Gasteiger charge is -2.36. The summed E-state index contributed by atoms with van der Waals surface area (Å²) in [7, 11) is 0. The Kier molecular flexibility index (Phi) is 4.12. The van der Waals surface area contributed by atoms with E-state index in [0.717, 1.165) is 17.5 Å². The Morgan fingerprint density at radius 3 is 2.39 bits per heavy atom. The van der Waals surface area contributed by atoms with Crippen LogP contribution >= 0.6 is 0 Å². The van der Waals surface area contributed by atoms with Crippen molar-refractivity contribution in [3.05, 3.63) is 53.9 Å². The fourth-order valence-corrected chi connectivity index (χ4v) is 2.55. The van der Waals surface area contributed by atoms with Gasteiger partial charge in [-0.05, 0) is 24.0 Å². The molecule has 1 amide bonds. The summed E-state index contributed by atoms with van der Waals surface area (Å²) in [4.78, 5) is 22.4. The predicted octanol–water partition coefficient (Wildman–Crippen LogP) is 3.03. The summed E-state index contributed by atoms with van der Waals surface area (Å²) in [6, 6.07) is 9.77. The van der Waals surface area contributed by atoms with Crippen LogP contribution < -0.4 is 4.90 Å². The zero-order valence-corrected chi connectivity index (χ0v) is 13.4. The molecule has 2 aromatic rings. The van der Waals surface area contributed by atoms with Crippen LogP contribution in [0.2, 0.25) is 0 Å². The Morgan fingerprint density at radius 1 is 1.04 bits per heavy atom. The molecule has 0 spiro atoms. The molecule has 1 saturated heterocycles. The number of anilines is 1. The van der Waals surface area contributed by atoms with Crippen molar-refractivity contribution in [1.82, 2.24) is 9.97 Å². The van der Waals surface area contributed by atoms with E-state index >= 15 is 0 Å². The van der Waals surface area contributed by atoms with E-state index in [0.29, 0.717) is 18.9 Å². The number of carbonyl (C=O) groups is 1. The normalized spacial score (nSPS) is 16.6. The third kappa shape index (κ3) is 3.75. The number of amides is 1. The van der Waals surface area contributed by atoms with Crippen molar-refractivity contribution in [2.24, 2.45) is 5.41 Å². The Morgan fingerprint density at radius 2 is 1.70 bits per heavy atom. The van der Waals surface area contributed by atoms with Gasteiger partial charge in [-0.3, -0.25) is 9.69 Å². The standard InChI is InChI=1S/C19H19N3O/c1-19(2)11-10-17(23)22(14-19)18-20-12-16(13-21-18)9-8-15-6-4-3-5-7-15/h3-7,12-13H,10-11,14H2,1-2H3. The van der Waals surface area contributed by atoms with Gasteiger partial charge < -0.3 is 0 Å². The van der Waals surface area contributed by atoms with Crippen LogP contribution in [0.4, 0.5) is 5.95 Å². The summed E-state index contributed by atoms with van der Waals surface area (Å²) in [5.41, 5.74) is 1.79. The first-order valence-electron chi connectivity index (χ1n) is 7.73. The van der Waals surface area contributed by atoms with Gasteiger partial charge in [0.2, 0.25) is 11.9 Å². The van der Waals surface area contributed by atoms with E-state index in [1.165, 1.54) is 0 Å². The molecule has 0 aliphatic carbocycles.